The summed E-state index contributed by atoms with van der Waals surface area (Å²) in [5, 5.41) is 12.3. The third-order valence-corrected chi connectivity index (χ3v) is 3.38. The summed E-state index contributed by atoms with van der Waals surface area (Å²) >= 11 is 0. The number of hydrogen-bond acceptors (Lipinski definition) is 5. The lowest BCUT2D eigenvalue weighted by atomic mass is 9.99. The van der Waals surface area contributed by atoms with E-state index in [2.05, 4.69) is 20.2 Å². The molecule has 1 aromatic rings. The van der Waals surface area contributed by atoms with Crippen LogP contribution in [0, 0.1) is 12.8 Å². The van der Waals surface area contributed by atoms with Gasteiger partial charge in [-0.1, -0.05) is 0 Å². The monoisotopic (exact) mass is 250 g/mol. The number of piperidine rings is 1. The molecule has 0 radical (unpaired) electrons. The molecule has 1 fully saturated rings. The zero-order valence-electron chi connectivity index (χ0n) is 11.2. The highest BCUT2D eigenvalue weighted by Crippen LogP contribution is 2.17. The Morgan fingerprint density at radius 3 is 3.06 bits per heavy atom. The number of rotatable bonds is 4. The summed E-state index contributed by atoms with van der Waals surface area (Å²) < 4.78 is 0. The molecule has 5 nitrogen and oxygen atoms in total. The number of likely N-dealkylation sites (tertiary alicyclic amines) is 1. The van der Waals surface area contributed by atoms with Crippen molar-refractivity contribution in [1.29, 1.82) is 0 Å². The van der Waals surface area contributed by atoms with Crippen LogP contribution in [0.4, 0.5) is 5.82 Å². The molecule has 1 aliphatic heterocycles. The van der Waals surface area contributed by atoms with Gasteiger partial charge in [0.1, 0.15) is 11.6 Å². The summed E-state index contributed by atoms with van der Waals surface area (Å²) in [6.45, 7) is 5.06. The third-order valence-electron chi connectivity index (χ3n) is 3.38. The molecule has 0 spiro atoms. The molecule has 1 unspecified atom stereocenters. The van der Waals surface area contributed by atoms with Crippen LogP contribution >= 0.6 is 0 Å². The standard InChI is InChI=1S/C13H22N4O/c1-10-6-12(14-2)16-13(15-10)8-17-5-3-4-11(7-17)9-18/h6,11,18H,3-5,7-9H2,1-2H3,(H,14,15,16). The Bertz CT molecular complexity index is 397. The second-order valence-electron chi connectivity index (χ2n) is 4.99. The van der Waals surface area contributed by atoms with E-state index in [0.29, 0.717) is 5.92 Å². The molecule has 18 heavy (non-hydrogen) atoms. The van der Waals surface area contributed by atoms with Crippen molar-refractivity contribution in [3.63, 3.8) is 0 Å². The first-order chi connectivity index (χ1) is 8.71. The molecule has 5 heteroatoms. The molecule has 0 aliphatic carbocycles. The maximum atomic E-state index is 9.23. The van der Waals surface area contributed by atoms with E-state index in [1.54, 1.807) is 0 Å². The van der Waals surface area contributed by atoms with Crippen molar-refractivity contribution >= 4 is 5.82 Å². The van der Waals surface area contributed by atoms with Gasteiger partial charge >= 0.3 is 0 Å². The highest BCUT2D eigenvalue weighted by molar-refractivity contribution is 5.34. The van der Waals surface area contributed by atoms with Gasteiger partial charge in [0.15, 0.2) is 0 Å². The first-order valence-corrected chi connectivity index (χ1v) is 6.56. The summed E-state index contributed by atoms with van der Waals surface area (Å²) in [4.78, 5) is 11.3. The third kappa shape index (κ3) is 3.40. The van der Waals surface area contributed by atoms with Gasteiger partial charge in [-0.3, -0.25) is 4.90 Å². The number of aryl methyl sites for hydroxylation is 1. The highest BCUT2D eigenvalue weighted by atomic mass is 16.3. The predicted molar refractivity (Wildman–Crippen MR) is 71.4 cm³/mol. The fourth-order valence-corrected chi connectivity index (χ4v) is 2.47. The molecule has 0 saturated carbocycles. The number of nitrogens with one attached hydrogen (secondary N) is 1. The summed E-state index contributed by atoms with van der Waals surface area (Å²) in [6.07, 6.45) is 2.28. The van der Waals surface area contributed by atoms with Crippen LogP contribution in [0.1, 0.15) is 24.4 Å². The average Bonchev–Trinajstić information content (AvgIpc) is 2.38. The minimum absolute atomic E-state index is 0.285. The quantitative estimate of drug-likeness (QED) is 0.836. The van der Waals surface area contributed by atoms with Crippen molar-refractivity contribution in [3.8, 4) is 0 Å². The van der Waals surface area contributed by atoms with Gasteiger partial charge < -0.3 is 10.4 Å². The SMILES string of the molecule is CNc1cc(C)nc(CN2CCCC(CO)C2)n1. The second-order valence-corrected chi connectivity index (χ2v) is 4.99. The Morgan fingerprint density at radius 2 is 2.33 bits per heavy atom. The van der Waals surface area contributed by atoms with Gasteiger partial charge in [-0.05, 0) is 32.2 Å². The van der Waals surface area contributed by atoms with Crippen LogP contribution in [0.2, 0.25) is 0 Å². The fraction of sp³-hybridized carbons (Fsp3) is 0.692. The smallest absolute Gasteiger partial charge is 0.144 e. The largest absolute Gasteiger partial charge is 0.396 e. The topological polar surface area (TPSA) is 61.3 Å². The first kappa shape index (κ1) is 13.2. The van der Waals surface area contributed by atoms with Crippen LogP contribution in [-0.4, -0.2) is 46.7 Å². The van der Waals surface area contributed by atoms with E-state index in [0.717, 1.165) is 49.8 Å². The molecule has 1 aliphatic rings. The van der Waals surface area contributed by atoms with Crippen LogP contribution in [0.15, 0.2) is 6.07 Å². The van der Waals surface area contributed by atoms with E-state index >= 15 is 0 Å². The Balaban J connectivity index is 2.02. The van der Waals surface area contributed by atoms with Crippen molar-refractivity contribution in [2.24, 2.45) is 5.92 Å². The summed E-state index contributed by atoms with van der Waals surface area (Å²) in [6, 6.07) is 1.94. The highest BCUT2D eigenvalue weighted by Gasteiger charge is 2.20. The Morgan fingerprint density at radius 1 is 1.50 bits per heavy atom. The molecule has 1 atom stereocenters. The fourth-order valence-electron chi connectivity index (χ4n) is 2.47. The molecular weight excluding hydrogens is 228 g/mol. The molecule has 1 aromatic heterocycles. The van der Waals surface area contributed by atoms with Crippen LogP contribution in [0.3, 0.4) is 0 Å². The maximum absolute atomic E-state index is 9.23. The maximum Gasteiger partial charge on any atom is 0.144 e. The second kappa shape index (κ2) is 6.11. The van der Waals surface area contributed by atoms with E-state index in [9.17, 15) is 5.11 Å². The predicted octanol–water partition coefficient (Wildman–Crippen LogP) is 1.03. The lowest BCUT2D eigenvalue weighted by Crippen LogP contribution is -2.36. The molecule has 2 rings (SSSR count). The van der Waals surface area contributed by atoms with E-state index in [4.69, 9.17) is 0 Å². The summed E-state index contributed by atoms with van der Waals surface area (Å²) in [7, 11) is 1.87. The molecule has 2 heterocycles. The van der Waals surface area contributed by atoms with Crippen LogP contribution < -0.4 is 5.32 Å². The van der Waals surface area contributed by atoms with Gasteiger partial charge in [0, 0.05) is 32.0 Å². The van der Waals surface area contributed by atoms with E-state index in [1.807, 2.05) is 20.0 Å². The van der Waals surface area contributed by atoms with Crippen LogP contribution in [0.5, 0.6) is 0 Å². The van der Waals surface area contributed by atoms with Crippen molar-refractivity contribution in [3.05, 3.63) is 17.6 Å². The van der Waals surface area contributed by atoms with Crippen molar-refractivity contribution < 1.29 is 5.11 Å². The molecule has 0 aromatic carbocycles. The molecular formula is C13H22N4O. The summed E-state index contributed by atoms with van der Waals surface area (Å²) in [5.74, 6) is 2.14. The lowest BCUT2D eigenvalue weighted by molar-refractivity contribution is 0.114. The van der Waals surface area contributed by atoms with Gasteiger partial charge in [0.05, 0.1) is 6.54 Å². The Hall–Kier alpha value is -1.20. The lowest BCUT2D eigenvalue weighted by Gasteiger charge is -2.31. The summed E-state index contributed by atoms with van der Waals surface area (Å²) in [5.41, 5.74) is 0.986. The molecule has 2 N–H and O–H groups in total. The van der Waals surface area contributed by atoms with Crippen molar-refractivity contribution in [2.45, 2.75) is 26.3 Å². The van der Waals surface area contributed by atoms with E-state index in [1.165, 1.54) is 0 Å². The minimum atomic E-state index is 0.285. The number of aromatic nitrogens is 2. The van der Waals surface area contributed by atoms with Gasteiger partial charge in [-0.2, -0.15) is 0 Å². The number of anilines is 1. The molecule has 100 valence electrons. The van der Waals surface area contributed by atoms with Gasteiger partial charge in [0.25, 0.3) is 0 Å². The van der Waals surface area contributed by atoms with Crippen molar-refractivity contribution in [2.75, 3.05) is 32.1 Å². The Labute approximate surface area is 108 Å². The minimum Gasteiger partial charge on any atom is -0.396 e. The number of nitrogens with zero attached hydrogens (tertiary/aromatic N) is 3. The molecule has 1 saturated heterocycles. The normalized spacial score (nSPS) is 20.9. The average molecular weight is 250 g/mol. The number of aliphatic hydroxyl groups excluding tert-OH is 1. The zero-order chi connectivity index (χ0) is 13.0. The molecule has 0 amide bonds. The van der Waals surface area contributed by atoms with Gasteiger partial charge in [0.2, 0.25) is 0 Å². The van der Waals surface area contributed by atoms with Gasteiger partial charge in [-0.15, -0.1) is 0 Å². The number of hydrogen-bond donors (Lipinski definition) is 2. The Kier molecular flexibility index (Phi) is 4.49. The van der Waals surface area contributed by atoms with E-state index in [-0.39, 0.29) is 6.61 Å². The zero-order valence-corrected chi connectivity index (χ0v) is 11.2. The number of aliphatic hydroxyl groups is 1. The van der Waals surface area contributed by atoms with Crippen molar-refractivity contribution in [1.82, 2.24) is 14.9 Å². The van der Waals surface area contributed by atoms with Crippen LogP contribution in [-0.2, 0) is 6.54 Å². The first-order valence-electron chi connectivity index (χ1n) is 6.56. The molecule has 0 bridgehead atoms. The van der Waals surface area contributed by atoms with Gasteiger partial charge in [-0.25, -0.2) is 9.97 Å². The van der Waals surface area contributed by atoms with Crippen LogP contribution in [0.25, 0.3) is 0 Å². The van der Waals surface area contributed by atoms with E-state index < -0.39 is 0 Å².